The number of carbonyl (C=O) groups excluding carboxylic acids is 1. The van der Waals surface area contributed by atoms with E-state index in [1.54, 1.807) is 14.2 Å². The lowest BCUT2D eigenvalue weighted by Crippen LogP contribution is -2.42. The molecule has 0 radical (unpaired) electrons. The van der Waals surface area contributed by atoms with E-state index < -0.39 is 0 Å². The lowest BCUT2D eigenvalue weighted by molar-refractivity contribution is 0.236. The molecule has 0 bridgehead atoms. The molecule has 22 heavy (non-hydrogen) atoms. The molecular formula is C17H26N2O3. The minimum absolute atomic E-state index is 0.0632. The Morgan fingerprint density at radius 2 is 2.00 bits per heavy atom. The summed E-state index contributed by atoms with van der Waals surface area (Å²) in [4.78, 5) is 11.7. The van der Waals surface area contributed by atoms with Gasteiger partial charge in [-0.25, -0.2) is 4.79 Å². The van der Waals surface area contributed by atoms with Gasteiger partial charge in [0.15, 0.2) is 11.5 Å². The molecule has 1 aliphatic rings. The third-order valence-electron chi connectivity index (χ3n) is 4.06. The average Bonchev–Trinajstić information content (AvgIpc) is 3.36. The van der Waals surface area contributed by atoms with Crippen molar-refractivity contribution in [3.63, 3.8) is 0 Å². The number of amides is 2. The molecule has 2 rings (SSSR count). The summed E-state index contributed by atoms with van der Waals surface area (Å²) in [7, 11) is 3.26. The molecule has 1 aromatic rings. The predicted molar refractivity (Wildman–Crippen MR) is 86.6 cm³/mol. The highest BCUT2D eigenvalue weighted by Gasteiger charge is 2.28. The van der Waals surface area contributed by atoms with Crippen molar-refractivity contribution < 1.29 is 14.3 Å². The van der Waals surface area contributed by atoms with Crippen LogP contribution in [0.15, 0.2) is 18.2 Å². The molecule has 0 aromatic heterocycles. The number of methoxy groups -OCH3 is 2. The SMILES string of the molecule is COc1ccc(CCCNC(=O)NC(C)C2CC2)cc1OC. The molecule has 0 heterocycles. The van der Waals surface area contributed by atoms with E-state index in [4.69, 9.17) is 9.47 Å². The lowest BCUT2D eigenvalue weighted by atomic mass is 10.1. The van der Waals surface area contributed by atoms with Crippen LogP contribution in [0.4, 0.5) is 4.79 Å². The highest BCUT2D eigenvalue weighted by Crippen LogP contribution is 2.32. The minimum atomic E-state index is -0.0632. The second kappa shape index (κ2) is 7.92. The topological polar surface area (TPSA) is 59.6 Å². The third-order valence-corrected chi connectivity index (χ3v) is 4.06. The Bertz CT molecular complexity index is 501. The summed E-state index contributed by atoms with van der Waals surface area (Å²) in [5, 5.41) is 5.90. The molecule has 1 aromatic carbocycles. The summed E-state index contributed by atoms with van der Waals surface area (Å²) >= 11 is 0. The molecule has 0 spiro atoms. The van der Waals surface area contributed by atoms with Gasteiger partial charge in [-0.1, -0.05) is 6.07 Å². The van der Waals surface area contributed by atoms with Gasteiger partial charge in [0.25, 0.3) is 0 Å². The van der Waals surface area contributed by atoms with Gasteiger partial charge in [-0.15, -0.1) is 0 Å². The van der Waals surface area contributed by atoms with Crippen molar-refractivity contribution in [2.45, 2.75) is 38.6 Å². The van der Waals surface area contributed by atoms with Crippen molar-refractivity contribution in [1.82, 2.24) is 10.6 Å². The van der Waals surface area contributed by atoms with Gasteiger partial charge in [-0.3, -0.25) is 0 Å². The van der Waals surface area contributed by atoms with E-state index in [0.717, 1.165) is 24.3 Å². The molecule has 1 aliphatic carbocycles. The van der Waals surface area contributed by atoms with E-state index in [2.05, 4.69) is 17.6 Å². The van der Waals surface area contributed by atoms with Crippen LogP contribution in [0.25, 0.3) is 0 Å². The van der Waals surface area contributed by atoms with Crippen molar-refractivity contribution in [2.24, 2.45) is 5.92 Å². The molecule has 2 N–H and O–H groups in total. The first kappa shape index (κ1) is 16.5. The molecule has 1 atom stereocenters. The molecule has 5 nitrogen and oxygen atoms in total. The van der Waals surface area contributed by atoms with Crippen LogP contribution in [0.1, 0.15) is 31.7 Å². The maximum Gasteiger partial charge on any atom is 0.315 e. The summed E-state index contributed by atoms with van der Waals surface area (Å²) in [6.07, 6.45) is 4.25. The van der Waals surface area contributed by atoms with E-state index >= 15 is 0 Å². The summed E-state index contributed by atoms with van der Waals surface area (Å²) < 4.78 is 10.5. The van der Waals surface area contributed by atoms with Crippen LogP contribution in [0, 0.1) is 5.92 Å². The van der Waals surface area contributed by atoms with Gasteiger partial charge in [0, 0.05) is 12.6 Å². The number of hydrogen-bond acceptors (Lipinski definition) is 3. The van der Waals surface area contributed by atoms with Crippen LogP contribution in [-0.2, 0) is 6.42 Å². The van der Waals surface area contributed by atoms with Crippen molar-refractivity contribution in [2.75, 3.05) is 20.8 Å². The molecule has 1 saturated carbocycles. The van der Waals surface area contributed by atoms with Gasteiger partial charge in [-0.05, 0) is 56.2 Å². The molecule has 1 fully saturated rings. The summed E-state index contributed by atoms with van der Waals surface area (Å²) in [6.45, 7) is 2.73. The van der Waals surface area contributed by atoms with Crippen molar-refractivity contribution in [3.8, 4) is 11.5 Å². The highest BCUT2D eigenvalue weighted by atomic mass is 16.5. The van der Waals surface area contributed by atoms with Crippen molar-refractivity contribution in [1.29, 1.82) is 0 Å². The van der Waals surface area contributed by atoms with Gasteiger partial charge in [-0.2, -0.15) is 0 Å². The summed E-state index contributed by atoms with van der Waals surface area (Å²) in [6, 6.07) is 6.13. The van der Waals surface area contributed by atoms with Gasteiger partial charge in [0.05, 0.1) is 14.2 Å². The Morgan fingerprint density at radius 3 is 2.64 bits per heavy atom. The number of ether oxygens (including phenoxy) is 2. The molecule has 5 heteroatoms. The molecule has 122 valence electrons. The van der Waals surface area contributed by atoms with Gasteiger partial charge in [0.1, 0.15) is 0 Å². The fourth-order valence-corrected chi connectivity index (χ4v) is 2.50. The predicted octanol–water partition coefficient (Wildman–Crippen LogP) is 2.73. The minimum Gasteiger partial charge on any atom is -0.493 e. The number of hydrogen-bond donors (Lipinski definition) is 2. The number of nitrogens with one attached hydrogen (secondary N) is 2. The zero-order valence-electron chi connectivity index (χ0n) is 13.6. The first-order chi connectivity index (χ1) is 10.6. The number of carbonyl (C=O) groups is 1. The van der Waals surface area contributed by atoms with E-state index in [-0.39, 0.29) is 12.1 Å². The zero-order valence-corrected chi connectivity index (χ0v) is 13.6. The van der Waals surface area contributed by atoms with Gasteiger partial charge < -0.3 is 20.1 Å². The Morgan fingerprint density at radius 1 is 1.27 bits per heavy atom. The molecular weight excluding hydrogens is 280 g/mol. The van der Waals surface area contributed by atoms with Crippen LogP contribution in [0.3, 0.4) is 0 Å². The van der Waals surface area contributed by atoms with Crippen molar-refractivity contribution >= 4 is 6.03 Å². The average molecular weight is 306 g/mol. The normalized spacial score (nSPS) is 15.0. The Balaban J connectivity index is 1.68. The summed E-state index contributed by atoms with van der Waals surface area (Å²) in [5.41, 5.74) is 1.17. The van der Waals surface area contributed by atoms with E-state index in [9.17, 15) is 4.79 Å². The number of benzene rings is 1. The fourth-order valence-electron chi connectivity index (χ4n) is 2.50. The van der Waals surface area contributed by atoms with Crippen LogP contribution in [0.2, 0.25) is 0 Å². The van der Waals surface area contributed by atoms with Crippen LogP contribution in [0.5, 0.6) is 11.5 Å². The Labute approximate surface area is 132 Å². The number of urea groups is 1. The maximum atomic E-state index is 11.7. The quantitative estimate of drug-likeness (QED) is 0.726. The molecule has 0 aliphatic heterocycles. The lowest BCUT2D eigenvalue weighted by Gasteiger charge is -2.13. The monoisotopic (exact) mass is 306 g/mol. The first-order valence-electron chi connectivity index (χ1n) is 7.89. The standard InChI is InChI=1S/C17H26N2O3/c1-12(14-7-8-14)19-17(20)18-10-4-5-13-6-9-15(21-2)16(11-13)22-3/h6,9,11-12,14H,4-5,7-8,10H2,1-3H3,(H2,18,19,20). The van der Waals surface area contributed by atoms with Gasteiger partial charge >= 0.3 is 6.03 Å². The largest absolute Gasteiger partial charge is 0.493 e. The van der Waals surface area contributed by atoms with Crippen LogP contribution < -0.4 is 20.1 Å². The number of aryl methyl sites for hydroxylation is 1. The fraction of sp³-hybridized carbons (Fsp3) is 0.588. The third kappa shape index (κ3) is 4.83. The summed E-state index contributed by atoms with van der Waals surface area (Å²) in [5.74, 6) is 2.15. The Kier molecular flexibility index (Phi) is 5.92. The second-order valence-corrected chi connectivity index (χ2v) is 5.82. The smallest absolute Gasteiger partial charge is 0.315 e. The zero-order chi connectivity index (χ0) is 15.9. The van der Waals surface area contributed by atoms with Crippen LogP contribution in [-0.4, -0.2) is 32.8 Å². The number of rotatable bonds is 8. The molecule has 2 amide bonds. The molecule has 1 unspecified atom stereocenters. The van der Waals surface area contributed by atoms with E-state index in [0.29, 0.717) is 12.5 Å². The van der Waals surface area contributed by atoms with Crippen molar-refractivity contribution in [3.05, 3.63) is 23.8 Å². The Hall–Kier alpha value is -1.91. The maximum absolute atomic E-state index is 11.7. The van der Waals surface area contributed by atoms with Crippen LogP contribution >= 0.6 is 0 Å². The first-order valence-corrected chi connectivity index (χ1v) is 7.89. The van der Waals surface area contributed by atoms with E-state index in [1.165, 1.54) is 18.4 Å². The van der Waals surface area contributed by atoms with Gasteiger partial charge in [0.2, 0.25) is 0 Å². The second-order valence-electron chi connectivity index (χ2n) is 5.82. The van der Waals surface area contributed by atoms with E-state index in [1.807, 2.05) is 18.2 Å². The highest BCUT2D eigenvalue weighted by molar-refractivity contribution is 5.74. The molecule has 0 saturated heterocycles.